The van der Waals surface area contributed by atoms with Crippen molar-refractivity contribution >= 4 is 11.8 Å². The highest BCUT2D eigenvalue weighted by Gasteiger charge is 2.41. The van der Waals surface area contributed by atoms with E-state index >= 15 is 0 Å². The monoisotopic (exact) mass is 386 g/mol. The third kappa shape index (κ3) is 4.86. The summed E-state index contributed by atoms with van der Waals surface area (Å²) in [6.45, 7) is 2.80. The fraction of sp³-hybridized carbons (Fsp3) is 0.333. The van der Waals surface area contributed by atoms with Crippen molar-refractivity contribution in [3.63, 3.8) is 0 Å². The lowest BCUT2D eigenvalue weighted by Crippen LogP contribution is -2.58. The molecule has 1 fully saturated rings. The number of hydrogen-bond acceptors (Lipinski definition) is 4. The van der Waals surface area contributed by atoms with Gasteiger partial charge in [-0.15, -0.1) is 0 Å². The molecule has 1 heterocycles. The van der Waals surface area contributed by atoms with E-state index in [0.717, 1.165) is 5.56 Å². The average molecular weight is 386 g/mol. The van der Waals surface area contributed by atoms with Gasteiger partial charge in [-0.25, -0.2) is 4.39 Å². The molecule has 2 N–H and O–H groups in total. The fourth-order valence-corrected chi connectivity index (χ4v) is 3.21. The van der Waals surface area contributed by atoms with Crippen LogP contribution in [0.25, 0.3) is 0 Å². The number of nitrogens with two attached hydrogens (primary N) is 1. The topological polar surface area (TPSA) is 81.9 Å². The van der Waals surface area contributed by atoms with Crippen molar-refractivity contribution in [3.8, 4) is 5.75 Å². The van der Waals surface area contributed by atoms with Crippen LogP contribution in [0.15, 0.2) is 48.5 Å². The predicted molar refractivity (Wildman–Crippen MR) is 101 cm³/mol. The standard InChI is InChI=1S/C21H23FN2O4/c1-15-2-4-16(5-3-15)20(26)24-10-11-28-21(13-24,12-19(23)25)14-27-18-8-6-17(22)7-9-18/h2-9H,10-14H2,1H3,(H2,23,25). The Kier molecular flexibility index (Phi) is 5.94. The number of carbonyl (C=O) groups is 2. The van der Waals surface area contributed by atoms with Gasteiger partial charge >= 0.3 is 0 Å². The summed E-state index contributed by atoms with van der Waals surface area (Å²) in [6, 6.07) is 12.9. The lowest BCUT2D eigenvalue weighted by Gasteiger charge is -2.42. The summed E-state index contributed by atoms with van der Waals surface area (Å²) < 4.78 is 24.6. The molecule has 0 bridgehead atoms. The molecule has 1 saturated heterocycles. The van der Waals surface area contributed by atoms with E-state index in [-0.39, 0.29) is 37.9 Å². The van der Waals surface area contributed by atoms with Crippen LogP contribution in [0, 0.1) is 12.7 Å². The largest absolute Gasteiger partial charge is 0.490 e. The van der Waals surface area contributed by atoms with Crippen molar-refractivity contribution in [2.45, 2.75) is 18.9 Å². The van der Waals surface area contributed by atoms with Gasteiger partial charge in [0.25, 0.3) is 5.91 Å². The van der Waals surface area contributed by atoms with Crippen LogP contribution in [0.1, 0.15) is 22.3 Å². The number of halogens is 1. The van der Waals surface area contributed by atoms with E-state index in [4.69, 9.17) is 15.2 Å². The first kappa shape index (κ1) is 19.8. The molecule has 0 spiro atoms. The number of morpholine rings is 1. The molecular weight excluding hydrogens is 363 g/mol. The van der Waals surface area contributed by atoms with Crippen LogP contribution in [0.5, 0.6) is 5.75 Å². The number of hydrogen-bond donors (Lipinski definition) is 1. The van der Waals surface area contributed by atoms with Gasteiger partial charge in [0, 0.05) is 12.1 Å². The second kappa shape index (κ2) is 8.39. The van der Waals surface area contributed by atoms with Gasteiger partial charge in [0.15, 0.2) is 0 Å². The molecule has 0 saturated carbocycles. The molecule has 1 atom stereocenters. The van der Waals surface area contributed by atoms with Gasteiger partial charge in [-0.1, -0.05) is 17.7 Å². The molecule has 7 heteroatoms. The van der Waals surface area contributed by atoms with Crippen molar-refractivity contribution in [2.24, 2.45) is 5.73 Å². The average Bonchev–Trinajstić information content (AvgIpc) is 2.67. The Labute approximate surface area is 163 Å². The lowest BCUT2D eigenvalue weighted by molar-refractivity contribution is -0.142. The Balaban J connectivity index is 1.75. The van der Waals surface area contributed by atoms with Crippen LogP contribution in [0.2, 0.25) is 0 Å². The minimum Gasteiger partial charge on any atom is -0.490 e. The quantitative estimate of drug-likeness (QED) is 0.826. The summed E-state index contributed by atoms with van der Waals surface area (Å²) in [6.07, 6.45) is -0.0914. The molecule has 2 aromatic carbocycles. The number of nitrogens with zero attached hydrogens (tertiary/aromatic N) is 1. The molecule has 1 unspecified atom stereocenters. The first-order valence-electron chi connectivity index (χ1n) is 9.03. The molecule has 0 aliphatic carbocycles. The molecule has 28 heavy (non-hydrogen) atoms. The van der Waals surface area contributed by atoms with Crippen molar-refractivity contribution in [1.82, 2.24) is 4.90 Å². The SMILES string of the molecule is Cc1ccc(C(=O)N2CCOC(COc3ccc(F)cc3)(CC(N)=O)C2)cc1. The van der Waals surface area contributed by atoms with Gasteiger partial charge < -0.3 is 20.1 Å². The van der Waals surface area contributed by atoms with Crippen molar-refractivity contribution in [1.29, 1.82) is 0 Å². The van der Waals surface area contributed by atoms with Gasteiger partial charge in [-0.05, 0) is 43.3 Å². The molecule has 0 aromatic heterocycles. The van der Waals surface area contributed by atoms with Crippen molar-refractivity contribution in [2.75, 3.05) is 26.3 Å². The molecule has 1 aliphatic rings. The maximum absolute atomic E-state index is 13.1. The second-order valence-corrected chi connectivity index (χ2v) is 7.01. The van der Waals surface area contributed by atoms with Crippen LogP contribution in [-0.4, -0.2) is 48.6 Å². The van der Waals surface area contributed by atoms with Crippen LogP contribution >= 0.6 is 0 Å². The third-order valence-corrected chi connectivity index (χ3v) is 4.65. The number of ether oxygens (including phenoxy) is 2. The molecular formula is C21H23FN2O4. The number of benzene rings is 2. The Morgan fingerprint density at radius 3 is 2.50 bits per heavy atom. The number of primary amides is 1. The summed E-state index contributed by atoms with van der Waals surface area (Å²) >= 11 is 0. The van der Waals surface area contributed by atoms with E-state index in [1.54, 1.807) is 17.0 Å². The van der Waals surface area contributed by atoms with Crippen LogP contribution in [0.4, 0.5) is 4.39 Å². The smallest absolute Gasteiger partial charge is 0.254 e. The van der Waals surface area contributed by atoms with Gasteiger partial charge in [0.05, 0.1) is 19.6 Å². The van der Waals surface area contributed by atoms with Crippen LogP contribution in [0.3, 0.4) is 0 Å². The van der Waals surface area contributed by atoms with Crippen LogP contribution < -0.4 is 10.5 Å². The normalized spacial score (nSPS) is 19.3. The molecule has 0 radical (unpaired) electrons. The highest BCUT2D eigenvalue weighted by atomic mass is 19.1. The number of rotatable bonds is 6. The van der Waals surface area contributed by atoms with E-state index in [1.807, 2.05) is 19.1 Å². The fourth-order valence-electron chi connectivity index (χ4n) is 3.21. The summed E-state index contributed by atoms with van der Waals surface area (Å²) in [5.74, 6) is -0.620. The van der Waals surface area contributed by atoms with E-state index in [0.29, 0.717) is 17.9 Å². The molecule has 2 amide bonds. The van der Waals surface area contributed by atoms with Gasteiger partial charge in [-0.2, -0.15) is 0 Å². The summed E-state index contributed by atoms with van der Waals surface area (Å²) in [5, 5.41) is 0. The Bertz CT molecular complexity index is 838. The first-order valence-corrected chi connectivity index (χ1v) is 9.03. The van der Waals surface area contributed by atoms with Crippen LogP contribution in [-0.2, 0) is 9.53 Å². The van der Waals surface area contributed by atoms with Gasteiger partial charge in [0.2, 0.25) is 5.91 Å². The highest BCUT2D eigenvalue weighted by Crippen LogP contribution is 2.25. The van der Waals surface area contributed by atoms with Crippen molar-refractivity contribution in [3.05, 3.63) is 65.5 Å². The first-order chi connectivity index (χ1) is 13.4. The van der Waals surface area contributed by atoms with E-state index in [9.17, 15) is 14.0 Å². The van der Waals surface area contributed by atoms with Crippen molar-refractivity contribution < 1.29 is 23.5 Å². The molecule has 3 rings (SSSR count). The minimum atomic E-state index is -1.06. The predicted octanol–water partition coefficient (Wildman–Crippen LogP) is 2.30. The second-order valence-electron chi connectivity index (χ2n) is 7.01. The zero-order valence-corrected chi connectivity index (χ0v) is 15.7. The van der Waals surface area contributed by atoms with Gasteiger partial charge in [-0.3, -0.25) is 9.59 Å². The van der Waals surface area contributed by atoms with E-state index in [1.165, 1.54) is 24.3 Å². The minimum absolute atomic E-state index is 0.0131. The molecule has 148 valence electrons. The Morgan fingerprint density at radius 2 is 1.86 bits per heavy atom. The zero-order chi connectivity index (χ0) is 20.1. The van der Waals surface area contributed by atoms with E-state index < -0.39 is 11.5 Å². The maximum Gasteiger partial charge on any atom is 0.254 e. The summed E-state index contributed by atoms with van der Waals surface area (Å²) in [4.78, 5) is 26.2. The maximum atomic E-state index is 13.1. The highest BCUT2D eigenvalue weighted by molar-refractivity contribution is 5.94. The summed E-state index contributed by atoms with van der Waals surface area (Å²) in [5.41, 5.74) is 6.00. The van der Waals surface area contributed by atoms with E-state index in [2.05, 4.69) is 0 Å². The molecule has 2 aromatic rings. The number of amides is 2. The van der Waals surface area contributed by atoms with Gasteiger partial charge in [0.1, 0.15) is 23.8 Å². The Hall–Kier alpha value is -2.93. The lowest BCUT2D eigenvalue weighted by atomic mass is 9.97. The number of aryl methyl sites for hydroxylation is 1. The molecule has 6 nitrogen and oxygen atoms in total. The number of carbonyl (C=O) groups excluding carboxylic acids is 2. The Morgan fingerprint density at radius 1 is 1.18 bits per heavy atom. The zero-order valence-electron chi connectivity index (χ0n) is 15.7. The third-order valence-electron chi connectivity index (χ3n) is 4.65. The molecule has 1 aliphatic heterocycles. The summed E-state index contributed by atoms with van der Waals surface area (Å²) in [7, 11) is 0.